The minimum absolute atomic E-state index is 0.254. The van der Waals surface area contributed by atoms with Gasteiger partial charge >= 0.3 is 0 Å². The number of likely N-dealkylation sites (N-methyl/N-ethyl adjacent to an activating group) is 1. The van der Waals surface area contributed by atoms with Gasteiger partial charge in [-0.3, -0.25) is 4.90 Å². The Hall–Kier alpha value is -1.30. The molecule has 1 fully saturated rings. The lowest BCUT2D eigenvalue weighted by molar-refractivity contribution is 0.160. The van der Waals surface area contributed by atoms with E-state index in [-0.39, 0.29) is 6.04 Å². The number of hydrogen-bond acceptors (Lipinski definition) is 2. The maximum atomic E-state index is 3.68. The van der Waals surface area contributed by atoms with Gasteiger partial charge < -0.3 is 4.90 Å². The van der Waals surface area contributed by atoms with Gasteiger partial charge in [-0.05, 0) is 37.9 Å². The normalized spacial score (nSPS) is 18.2. The molecule has 0 spiro atoms. The average molecular weight is 383 g/mol. The first kappa shape index (κ1) is 23.0. The largest absolute Gasteiger partial charge is 0.302 e. The molecule has 2 heteroatoms. The van der Waals surface area contributed by atoms with Crippen molar-refractivity contribution in [3.05, 3.63) is 35.9 Å². The fraction of sp³-hybridized carbons (Fsp3) is 0.692. The molecule has 0 radical (unpaired) electrons. The van der Waals surface area contributed by atoms with E-state index in [1.807, 2.05) is 0 Å². The van der Waals surface area contributed by atoms with Crippen molar-refractivity contribution in [3.63, 3.8) is 0 Å². The minimum Gasteiger partial charge on any atom is -0.302 e. The van der Waals surface area contributed by atoms with Gasteiger partial charge in [0.25, 0.3) is 0 Å². The van der Waals surface area contributed by atoms with Gasteiger partial charge in [-0.1, -0.05) is 89.1 Å². The molecule has 0 amide bonds. The molecule has 1 saturated heterocycles. The van der Waals surface area contributed by atoms with Crippen LogP contribution in [0.4, 0.5) is 0 Å². The first-order valence-electron chi connectivity index (χ1n) is 11.8. The summed E-state index contributed by atoms with van der Waals surface area (Å²) < 4.78 is 0. The summed E-state index contributed by atoms with van der Waals surface area (Å²) >= 11 is 0. The maximum absolute atomic E-state index is 3.68. The highest BCUT2D eigenvalue weighted by Crippen LogP contribution is 2.29. The molecule has 0 bridgehead atoms. The Morgan fingerprint density at radius 2 is 1.71 bits per heavy atom. The van der Waals surface area contributed by atoms with E-state index in [1.54, 1.807) is 0 Å². The highest BCUT2D eigenvalue weighted by Gasteiger charge is 2.31. The van der Waals surface area contributed by atoms with Crippen LogP contribution in [0.5, 0.6) is 0 Å². The molecule has 0 N–H and O–H groups in total. The molecule has 28 heavy (non-hydrogen) atoms. The van der Waals surface area contributed by atoms with E-state index >= 15 is 0 Å². The van der Waals surface area contributed by atoms with E-state index in [4.69, 9.17) is 0 Å². The number of benzene rings is 1. The molecule has 1 aromatic rings. The molecular weight excluding hydrogens is 340 g/mol. The van der Waals surface area contributed by atoms with Gasteiger partial charge in [0, 0.05) is 25.6 Å². The molecule has 1 heterocycles. The lowest BCUT2D eigenvalue weighted by atomic mass is 10.0. The lowest BCUT2D eigenvalue weighted by Crippen LogP contribution is -2.41. The van der Waals surface area contributed by atoms with Gasteiger partial charge in [0.2, 0.25) is 0 Å². The molecule has 1 aliphatic rings. The highest BCUT2D eigenvalue weighted by molar-refractivity contribution is 5.28. The molecule has 2 nitrogen and oxygen atoms in total. The van der Waals surface area contributed by atoms with Crippen LogP contribution < -0.4 is 0 Å². The van der Waals surface area contributed by atoms with Crippen molar-refractivity contribution in [2.24, 2.45) is 0 Å². The molecule has 0 unspecified atom stereocenters. The predicted molar refractivity (Wildman–Crippen MR) is 122 cm³/mol. The summed E-state index contributed by atoms with van der Waals surface area (Å²) in [6.07, 6.45) is 11.7. The summed E-state index contributed by atoms with van der Waals surface area (Å²) in [5.41, 5.74) is 1.37. The van der Waals surface area contributed by atoms with E-state index in [0.717, 1.165) is 19.5 Å². The van der Waals surface area contributed by atoms with Crippen molar-refractivity contribution < 1.29 is 0 Å². The second-order valence-electron chi connectivity index (χ2n) is 8.17. The monoisotopic (exact) mass is 382 g/mol. The number of nitrogens with zero attached hydrogens (tertiary/aromatic N) is 2. The van der Waals surface area contributed by atoms with Gasteiger partial charge in [0.1, 0.15) is 0 Å². The molecule has 0 aliphatic carbocycles. The quantitative estimate of drug-likeness (QED) is 0.310. The standard InChI is InChI=1S/C26H42N2/c1-4-7-8-9-10-11-12-16-21-26(24-18-14-13-15-19-24)28-22-17-20-25(28)23-27(5-2)6-3/h13-15,18-19,25-26H,4-12,17,20,22-23H2,1-3H3/t25-,26+/m0/s1. The van der Waals surface area contributed by atoms with E-state index in [1.165, 1.54) is 70.0 Å². The molecule has 0 aromatic heterocycles. The Morgan fingerprint density at radius 1 is 1.00 bits per heavy atom. The fourth-order valence-corrected chi connectivity index (χ4v) is 4.33. The van der Waals surface area contributed by atoms with E-state index in [0.29, 0.717) is 6.04 Å². The fourth-order valence-electron chi connectivity index (χ4n) is 4.33. The third kappa shape index (κ3) is 7.61. The van der Waals surface area contributed by atoms with Crippen LogP contribution in [0.3, 0.4) is 0 Å². The lowest BCUT2D eigenvalue weighted by Gasteiger charge is -2.33. The molecule has 1 aliphatic heterocycles. The van der Waals surface area contributed by atoms with Crippen LogP contribution in [0, 0.1) is 11.8 Å². The molecule has 1 aromatic carbocycles. The number of hydrogen-bond donors (Lipinski definition) is 0. The van der Waals surface area contributed by atoms with Gasteiger partial charge in [-0.15, -0.1) is 5.92 Å². The number of rotatable bonds is 12. The number of likely N-dealkylation sites (tertiary alicyclic amines) is 1. The average Bonchev–Trinajstić information content (AvgIpc) is 3.19. The van der Waals surface area contributed by atoms with Crippen molar-refractivity contribution in [3.8, 4) is 11.8 Å². The Balaban J connectivity index is 1.99. The van der Waals surface area contributed by atoms with Gasteiger partial charge in [-0.2, -0.15) is 0 Å². The minimum atomic E-state index is 0.254. The van der Waals surface area contributed by atoms with Crippen molar-refractivity contribution in [1.29, 1.82) is 0 Å². The summed E-state index contributed by atoms with van der Waals surface area (Å²) in [6, 6.07) is 11.8. The van der Waals surface area contributed by atoms with Crippen molar-refractivity contribution in [2.75, 3.05) is 26.2 Å². The van der Waals surface area contributed by atoms with Crippen LogP contribution in [0.25, 0.3) is 0 Å². The first-order chi connectivity index (χ1) is 13.8. The molecule has 156 valence electrons. The second kappa shape index (κ2) is 13.8. The third-order valence-corrected chi connectivity index (χ3v) is 6.13. The van der Waals surface area contributed by atoms with Gasteiger partial charge in [-0.25, -0.2) is 0 Å². The molecule has 2 rings (SSSR count). The smallest absolute Gasteiger partial charge is 0.0973 e. The van der Waals surface area contributed by atoms with E-state index in [2.05, 4.69) is 72.7 Å². The van der Waals surface area contributed by atoms with Crippen molar-refractivity contribution in [1.82, 2.24) is 9.80 Å². The van der Waals surface area contributed by atoms with Crippen LogP contribution in [0.1, 0.15) is 90.2 Å². The second-order valence-corrected chi connectivity index (χ2v) is 8.17. The zero-order valence-corrected chi connectivity index (χ0v) is 18.6. The van der Waals surface area contributed by atoms with Crippen LogP contribution in [-0.2, 0) is 0 Å². The Labute approximate surface area is 174 Å². The summed E-state index contributed by atoms with van der Waals surface area (Å²) in [7, 11) is 0. The Bertz CT molecular complexity index is 567. The Kier molecular flexibility index (Phi) is 11.3. The zero-order valence-electron chi connectivity index (χ0n) is 18.6. The first-order valence-corrected chi connectivity index (χ1v) is 11.8. The SMILES string of the molecule is CCCCCCCCC#C[C@H](c1ccccc1)N1CCC[C@H]1CN(CC)CC. The van der Waals surface area contributed by atoms with E-state index in [9.17, 15) is 0 Å². The summed E-state index contributed by atoms with van der Waals surface area (Å²) in [4.78, 5) is 5.25. The van der Waals surface area contributed by atoms with Gasteiger partial charge in [0.05, 0.1) is 6.04 Å². The summed E-state index contributed by atoms with van der Waals surface area (Å²) in [5.74, 6) is 7.23. The summed E-state index contributed by atoms with van der Waals surface area (Å²) in [6.45, 7) is 11.5. The van der Waals surface area contributed by atoms with Crippen molar-refractivity contribution >= 4 is 0 Å². The predicted octanol–water partition coefficient (Wildman–Crippen LogP) is 6.29. The topological polar surface area (TPSA) is 6.48 Å². The third-order valence-electron chi connectivity index (χ3n) is 6.13. The van der Waals surface area contributed by atoms with Gasteiger partial charge in [0.15, 0.2) is 0 Å². The molecule has 2 atom stereocenters. The summed E-state index contributed by atoms with van der Waals surface area (Å²) in [5, 5.41) is 0. The van der Waals surface area contributed by atoms with Crippen molar-refractivity contribution in [2.45, 2.75) is 90.6 Å². The number of unbranched alkanes of at least 4 members (excludes halogenated alkanes) is 6. The highest BCUT2D eigenvalue weighted by atomic mass is 15.2. The zero-order chi connectivity index (χ0) is 20.0. The molecule has 0 saturated carbocycles. The van der Waals surface area contributed by atoms with E-state index < -0.39 is 0 Å². The maximum Gasteiger partial charge on any atom is 0.0973 e. The van der Waals surface area contributed by atoms with Crippen LogP contribution in [0.2, 0.25) is 0 Å². The van der Waals surface area contributed by atoms with Crippen LogP contribution in [-0.4, -0.2) is 42.0 Å². The molecular formula is C26H42N2. The Morgan fingerprint density at radius 3 is 2.43 bits per heavy atom. The van der Waals surface area contributed by atoms with Crippen LogP contribution in [0.15, 0.2) is 30.3 Å². The van der Waals surface area contributed by atoms with Crippen LogP contribution >= 0.6 is 0 Å².